The molecule has 0 aliphatic carbocycles. The Morgan fingerprint density at radius 3 is 2.37 bits per heavy atom. The first-order chi connectivity index (χ1) is 18.5. The van der Waals surface area contributed by atoms with E-state index in [4.69, 9.17) is 4.42 Å². The standard InChI is InChI=1S/C28H26BrN5O3S/c1-19-4-2-3-5-24(19)26-31-32-28(37-26)38-18-25(35)30-22-10-12-23(13-11-22)33-14-16-34(17-15-33)27(36)20-6-8-21(29)9-7-20/h2-13H,14-18H2,1H3,(H,30,35). The van der Waals surface area contributed by atoms with Gasteiger partial charge in [0.2, 0.25) is 11.8 Å². The summed E-state index contributed by atoms with van der Waals surface area (Å²) in [6, 6.07) is 23.0. The van der Waals surface area contributed by atoms with Gasteiger partial charge in [0.1, 0.15) is 0 Å². The lowest BCUT2D eigenvalue weighted by Crippen LogP contribution is -2.48. The molecular weight excluding hydrogens is 566 g/mol. The molecule has 0 bridgehead atoms. The monoisotopic (exact) mass is 591 g/mol. The van der Waals surface area contributed by atoms with Gasteiger partial charge in [0.25, 0.3) is 11.1 Å². The first-order valence-corrected chi connectivity index (χ1v) is 14.0. The number of thioether (sulfide) groups is 1. The third kappa shape index (κ3) is 6.25. The highest BCUT2D eigenvalue weighted by atomic mass is 79.9. The first kappa shape index (κ1) is 26.0. The molecule has 5 rings (SSSR count). The molecule has 0 unspecified atom stereocenters. The normalized spacial score (nSPS) is 13.4. The topological polar surface area (TPSA) is 91.6 Å². The Bertz CT molecular complexity index is 1420. The van der Waals surface area contributed by atoms with E-state index in [2.05, 4.69) is 36.3 Å². The fourth-order valence-corrected chi connectivity index (χ4v) is 5.04. The lowest BCUT2D eigenvalue weighted by atomic mass is 10.1. The number of aromatic nitrogens is 2. The number of nitrogens with zero attached hydrogens (tertiary/aromatic N) is 4. The van der Waals surface area contributed by atoms with Gasteiger partial charge >= 0.3 is 0 Å². The molecule has 4 aromatic rings. The van der Waals surface area contributed by atoms with Crippen LogP contribution < -0.4 is 10.2 Å². The van der Waals surface area contributed by atoms with Crippen molar-refractivity contribution in [3.8, 4) is 11.5 Å². The smallest absolute Gasteiger partial charge is 0.277 e. The van der Waals surface area contributed by atoms with Crippen molar-refractivity contribution >= 4 is 50.9 Å². The number of hydrogen-bond acceptors (Lipinski definition) is 7. The highest BCUT2D eigenvalue weighted by Crippen LogP contribution is 2.26. The van der Waals surface area contributed by atoms with Crippen LogP contribution in [-0.2, 0) is 4.79 Å². The Morgan fingerprint density at radius 1 is 0.947 bits per heavy atom. The molecule has 194 valence electrons. The summed E-state index contributed by atoms with van der Waals surface area (Å²) in [5, 5.41) is 11.4. The quantitative estimate of drug-likeness (QED) is 0.284. The van der Waals surface area contributed by atoms with Gasteiger partial charge in [0.15, 0.2) is 0 Å². The molecule has 3 aromatic carbocycles. The Hall–Kier alpha value is -3.63. The minimum Gasteiger partial charge on any atom is -0.411 e. The highest BCUT2D eigenvalue weighted by Gasteiger charge is 2.22. The van der Waals surface area contributed by atoms with E-state index >= 15 is 0 Å². The first-order valence-electron chi connectivity index (χ1n) is 12.2. The summed E-state index contributed by atoms with van der Waals surface area (Å²) >= 11 is 4.61. The van der Waals surface area contributed by atoms with E-state index in [1.807, 2.05) is 84.6 Å². The number of aryl methyl sites for hydroxylation is 1. The molecule has 1 aliphatic heterocycles. The zero-order chi connectivity index (χ0) is 26.5. The average Bonchev–Trinajstić information content (AvgIpc) is 3.42. The second kappa shape index (κ2) is 11.8. The van der Waals surface area contributed by atoms with Crippen LogP contribution in [0.3, 0.4) is 0 Å². The summed E-state index contributed by atoms with van der Waals surface area (Å²) in [7, 11) is 0. The number of carbonyl (C=O) groups excluding carboxylic acids is 2. The molecule has 38 heavy (non-hydrogen) atoms. The van der Waals surface area contributed by atoms with Crippen molar-refractivity contribution in [2.45, 2.75) is 12.1 Å². The Kier molecular flexibility index (Phi) is 8.09. The molecule has 0 spiro atoms. The minimum atomic E-state index is -0.154. The van der Waals surface area contributed by atoms with Gasteiger partial charge in [-0.3, -0.25) is 9.59 Å². The van der Waals surface area contributed by atoms with Crippen LogP contribution in [0.5, 0.6) is 0 Å². The zero-order valence-electron chi connectivity index (χ0n) is 20.8. The molecule has 2 amide bonds. The van der Waals surface area contributed by atoms with Crippen LogP contribution in [0, 0.1) is 6.92 Å². The summed E-state index contributed by atoms with van der Waals surface area (Å²) in [5.74, 6) is 0.504. The molecule has 10 heteroatoms. The van der Waals surface area contributed by atoms with Crippen molar-refractivity contribution in [2.24, 2.45) is 0 Å². The van der Waals surface area contributed by atoms with Crippen LogP contribution in [-0.4, -0.2) is 58.8 Å². The van der Waals surface area contributed by atoms with Crippen molar-refractivity contribution in [2.75, 3.05) is 42.1 Å². The molecule has 1 saturated heterocycles. The van der Waals surface area contributed by atoms with Crippen molar-refractivity contribution in [1.82, 2.24) is 15.1 Å². The van der Waals surface area contributed by atoms with E-state index in [1.165, 1.54) is 11.8 Å². The predicted molar refractivity (Wildman–Crippen MR) is 153 cm³/mol. The van der Waals surface area contributed by atoms with Crippen LogP contribution in [0.2, 0.25) is 0 Å². The van der Waals surface area contributed by atoms with Crippen molar-refractivity contribution in [3.05, 3.63) is 88.4 Å². The van der Waals surface area contributed by atoms with Gasteiger partial charge in [0.05, 0.1) is 5.75 Å². The van der Waals surface area contributed by atoms with Gasteiger partial charge in [-0.2, -0.15) is 0 Å². The van der Waals surface area contributed by atoms with Gasteiger partial charge in [-0.15, -0.1) is 10.2 Å². The average molecular weight is 593 g/mol. The van der Waals surface area contributed by atoms with Crippen LogP contribution >= 0.6 is 27.7 Å². The second-order valence-corrected chi connectivity index (χ2v) is 10.7. The predicted octanol–water partition coefficient (Wildman–Crippen LogP) is 5.50. The molecule has 1 N–H and O–H groups in total. The fraction of sp³-hybridized carbons (Fsp3) is 0.214. The van der Waals surface area contributed by atoms with E-state index < -0.39 is 0 Å². The summed E-state index contributed by atoms with van der Waals surface area (Å²) < 4.78 is 6.67. The number of nitrogens with one attached hydrogen (secondary N) is 1. The number of rotatable bonds is 7. The van der Waals surface area contributed by atoms with Gasteiger partial charge in [-0.1, -0.05) is 45.9 Å². The van der Waals surface area contributed by atoms with E-state index in [9.17, 15) is 9.59 Å². The number of piperazine rings is 1. The number of hydrogen-bond donors (Lipinski definition) is 1. The van der Waals surface area contributed by atoms with Crippen LogP contribution in [0.1, 0.15) is 15.9 Å². The maximum atomic E-state index is 12.8. The molecule has 2 heterocycles. The summed E-state index contributed by atoms with van der Waals surface area (Å²) in [5.41, 5.74) is 4.40. The van der Waals surface area contributed by atoms with Crippen molar-refractivity contribution < 1.29 is 14.0 Å². The molecule has 1 fully saturated rings. The SMILES string of the molecule is Cc1ccccc1-c1nnc(SCC(=O)Nc2ccc(N3CCN(C(=O)c4ccc(Br)cc4)CC3)cc2)o1. The number of anilines is 2. The second-order valence-electron chi connectivity index (χ2n) is 8.86. The van der Waals surface area contributed by atoms with Gasteiger partial charge in [-0.05, 0) is 67.1 Å². The summed E-state index contributed by atoms with van der Waals surface area (Å²) in [4.78, 5) is 29.4. The lowest BCUT2D eigenvalue weighted by molar-refractivity contribution is -0.113. The molecule has 1 aliphatic rings. The highest BCUT2D eigenvalue weighted by molar-refractivity contribution is 9.10. The van der Waals surface area contributed by atoms with E-state index in [1.54, 1.807) is 0 Å². The number of carbonyl (C=O) groups is 2. The van der Waals surface area contributed by atoms with Crippen LogP contribution in [0.25, 0.3) is 11.5 Å². The summed E-state index contributed by atoms with van der Waals surface area (Å²) in [6.07, 6.45) is 0. The van der Waals surface area contributed by atoms with E-state index in [0.29, 0.717) is 29.8 Å². The minimum absolute atomic E-state index is 0.0556. The number of halogens is 1. The lowest BCUT2D eigenvalue weighted by Gasteiger charge is -2.36. The molecule has 0 saturated carbocycles. The number of benzene rings is 3. The number of amides is 2. The molecule has 0 radical (unpaired) electrons. The van der Waals surface area contributed by atoms with Crippen LogP contribution in [0.15, 0.2) is 86.9 Å². The van der Waals surface area contributed by atoms with Crippen LogP contribution in [0.4, 0.5) is 11.4 Å². The van der Waals surface area contributed by atoms with E-state index in [0.717, 1.165) is 40.1 Å². The van der Waals surface area contributed by atoms with Crippen molar-refractivity contribution in [1.29, 1.82) is 0 Å². The zero-order valence-corrected chi connectivity index (χ0v) is 23.2. The van der Waals surface area contributed by atoms with Gasteiger partial charge < -0.3 is 19.5 Å². The fourth-order valence-electron chi connectivity index (χ4n) is 4.21. The maximum absolute atomic E-state index is 12.8. The molecule has 8 nitrogen and oxygen atoms in total. The Balaban J connectivity index is 1.09. The Labute approximate surface area is 233 Å². The summed E-state index contributed by atoms with van der Waals surface area (Å²) in [6.45, 7) is 4.80. The third-order valence-electron chi connectivity index (χ3n) is 6.28. The molecular formula is C28H26BrN5O3S. The molecule has 1 aromatic heterocycles. The molecule has 0 atom stereocenters. The third-order valence-corrected chi connectivity index (χ3v) is 7.63. The van der Waals surface area contributed by atoms with Gasteiger partial charge in [0, 0.05) is 53.2 Å². The maximum Gasteiger partial charge on any atom is 0.277 e. The van der Waals surface area contributed by atoms with Gasteiger partial charge in [-0.25, -0.2) is 0 Å². The van der Waals surface area contributed by atoms with E-state index in [-0.39, 0.29) is 17.6 Å². The largest absolute Gasteiger partial charge is 0.411 e. The Morgan fingerprint density at radius 2 is 1.66 bits per heavy atom. The van der Waals surface area contributed by atoms with Crippen molar-refractivity contribution in [3.63, 3.8) is 0 Å².